The Bertz CT molecular complexity index is 662. The number of aliphatic hydroxyl groups is 1. The molecule has 0 unspecified atom stereocenters. The van der Waals surface area contributed by atoms with Crippen molar-refractivity contribution in [1.29, 1.82) is 0 Å². The molecule has 0 bridgehead atoms. The van der Waals surface area contributed by atoms with E-state index in [1.54, 1.807) is 19.9 Å². The number of Topliss-reactive ketones (excluding diaryl/α,β-unsaturated/α-hetero) is 1. The van der Waals surface area contributed by atoms with Crippen molar-refractivity contribution in [2.75, 3.05) is 13.2 Å². The predicted molar refractivity (Wildman–Crippen MR) is 92.3 cm³/mol. The molecule has 0 aromatic carbocycles. The molecular formula is C18H24O6S. The molecule has 1 aromatic heterocycles. The van der Waals surface area contributed by atoms with Crippen LogP contribution >= 0.6 is 11.3 Å². The number of carbonyl (C=O) groups is 3. The molecule has 1 fully saturated rings. The Morgan fingerprint density at radius 2 is 1.84 bits per heavy atom. The number of esters is 2. The molecule has 1 aliphatic rings. The van der Waals surface area contributed by atoms with E-state index < -0.39 is 41.1 Å². The van der Waals surface area contributed by atoms with Gasteiger partial charge < -0.3 is 14.6 Å². The number of carbonyl (C=O) groups excluding carboxylic acids is 3. The molecule has 1 N–H and O–H groups in total. The Balaban J connectivity index is 2.56. The molecular weight excluding hydrogens is 344 g/mol. The van der Waals surface area contributed by atoms with Gasteiger partial charge in [0, 0.05) is 22.1 Å². The van der Waals surface area contributed by atoms with Gasteiger partial charge >= 0.3 is 11.9 Å². The summed E-state index contributed by atoms with van der Waals surface area (Å²) in [5.74, 6) is -4.61. The lowest BCUT2D eigenvalue weighted by Crippen LogP contribution is -2.55. The van der Waals surface area contributed by atoms with Gasteiger partial charge in [-0.3, -0.25) is 14.4 Å². The molecule has 7 heteroatoms. The van der Waals surface area contributed by atoms with E-state index >= 15 is 0 Å². The van der Waals surface area contributed by atoms with Crippen LogP contribution in [-0.4, -0.2) is 41.6 Å². The minimum atomic E-state index is -1.59. The zero-order valence-electron chi connectivity index (χ0n) is 14.9. The second kappa shape index (κ2) is 7.66. The Hall–Kier alpha value is -1.73. The fourth-order valence-electron chi connectivity index (χ4n) is 3.46. The number of thiophene rings is 1. The maximum Gasteiger partial charge on any atom is 0.317 e. The van der Waals surface area contributed by atoms with Crippen molar-refractivity contribution in [3.05, 3.63) is 21.9 Å². The zero-order valence-corrected chi connectivity index (χ0v) is 15.7. The standard InChI is InChI=1S/C18H24O6S/c1-5-23-16(20)13-11(19)9-18(4,22)15(17(21)24-6-2)14(13)12-8-7-10(3)25-12/h7-8,13-15,22H,5-6,9H2,1-4H3/t13-,14+,15-,18+/m1/s1. The number of rotatable bonds is 5. The topological polar surface area (TPSA) is 89.9 Å². The highest BCUT2D eigenvalue weighted by Gasteiger charge is 2.57. The Kier molecular flexibility index (Phi) is 6.00. The SMILES string of the molecule is CCOC(=O)[C@@H]1C(=O)C[C@](C)(O)[C@@H](C(=O)OCC)[C@H]1c1ccc(C)s1. The van der Waals surface area contributed by atoms with E-state index in [0.717, 1.165) is 4.88 Å². The van der Waals surface area contributed by atoms with Gasteiger partial charge in [0.25, 0.3) is 0 Å². The third-order valence-electron chi connectivity index (χ3n) is 4.44. The molecule has 1 saturated carbocycles. The second-order valence-corrected chi connectivity index (χ2v) is 7.75. The molecule has 1 heterocycles. The van der Waals surface area contributed by atoms with Crippen LogP contribution in [0.3, 0.4) is 0 Å². The van der Waals surface area contributed by atoms with Gasteiger partial charge in [-0.15, -0.1) is 11.3 Å². The smallest absolute Gasteiger partial charge is 0.317 e. The average molecular weight is 368 g/mol. The highest BCUT2D eigenvalue weighted by molar-refractivity contribution is 7.12. The van der Waals surface area contributed by atoms with Crippen LogP contribution in [0.15, 0.2) is 12.1 Å². The fourth-order valence-corrected chi connectivity index (χ4v) is 4.51. The van der Waals surface area contributed by atoms with Gasteiger partial charge in [0.05, 0.1) is 24.7 Å². The van der Waals surface area contributed by atoms with E-state index in [9.17, 15) is 19.5 Å². The summed E-state index contributed by atoms with van der Waals surface area (Å²) < 4.78 is 10.2. The van der Waals surface area contributed by atoms with Gasteiger partial charge in [-0.1, -0.05) is 0 Å². The summed E-state index contributed by atoms with van der Waals surface area (Å²) >= 11 is 1.40. The molecule has 1 aromatic rings. The van der Waals surface area contributed by atoms with Crippen LogP contribution in [0.4, 0.5) is 0 Å². The molecule has 0 spiro atoms. The normalized spacial score (nSPS) is 29.3. The van der Waals surface area contributed by atoms with E-state index in [1.807, 2.05) is 13.0 Å². The van der Waals surface area contributed by atoms with Crippen LogP contribution in [0.1, 0.15) is 42.9 Å². The lowest BCUT2D eigenvalue weighted by atomic mass is 9.63. The molecule has 2 rings (SSSR count). The van der Waals surface area contributed by atoms with E-state index in [0.29, 0.717) is 4.88 Å². The average Bonchev–Trinajstić information content (AvgIpc) is 2.92. The van der Waals surface area contributed by atoms with Crippen molar-refractivity contribution in [3.63, 3.8) is 0 Å². The first kappa shape index (κ1) is 19.6. The summed E-state index contributed by atoms with van der Waals surface area (Å²) in [7, 11) is 0. The molecule has 1 aliphatic carbocycles. The molecule has 4 atom stereocenters. The van der Waals surface area contributed by atoms with E-state index in [-0.39, 0.29) is 19.6 Å². The van der Waals surface area contributed by atoms with Crippen molar-refractivity contribution < 1.29 is 29.0 Å². The number of aryl methyl sites for hydroxylation is 1. The van der Waals surface area contributed by atoms with Crippen molar-refractivity contribution in [1.82, 2.24) is 0 Å². The van der Waals surface area contributed by atoms with Crippen LogP contribution in [0.25, 0.3) is 0 Å². The number of hydrogen-bond acceptors (Lipinski definition) is 7. The quantitative estimate of drug-likeness (QED) is 0.633. The van der Waals surface area contributed by atoms with Gasteiger partial charge in [0.15, 0.2) is 5.78 Å². The van der Waals surface area contributed by atoms with Gasteiger partial charge in [-0.25, -0.2) is 0 Å². The lowest BCUT2D eigenvalue weighted by Gasteiger charge is -2.43. The van der Waals surface area contributed by atoms with Gasteiger partial charge in [0.2, 0.25) is 0 Å². The largest absolute Gasteiger partial charge is 0.466 e. The first-order valence-electron chi connectivity index (χ1n) is 8.37. The second-order valence-electron chi connectivity index (χ2n) is 6.43. The minimum Gasteiger partial charge on any atom is -0.466 e. The minimum absolute atomic E-state index is 0.138. The predicted octanol–water partition coefficient (Wildman–Crippen LogP) is 2.22. The summed E-state index contributed by atoms with van der Waals surface area (Å²) in [4.78, 5) is 39.4. The van der Waals surface area contributed by atoms with Gasteiger partial charge in [-0.2, -0.15) is 0 Å². The van der Waals surface area contributed by atoms with Crippen LogP contribution < -0.4 is 0 Å². The molecule has 6 nitrogen and oxygen atoms in total. The van der Waals surface area contributed by atoms with Gasteiger partial charge in [0.1, 0.15) is 5.92 Å². The third-order valence-corrected chi connectivity index (χ3v) is 5.54. The summed E-state index contributed by atoms with van der Waals surface area (Å²) in [5.41, 5.74) is -1.59. The molecule has 0 saturated heterocycles. The summed E-state index contributed by atoms with van der Waals surface area (Å²) in [6.45, 7) is 6.97. The van der Waals surface area contributed by atoms with E-state index in [2.05, 4.69) is 0 Å². The third kappa shape index (κ3) is 3.93. The van der Waals surface area contributed by atoms with E-state index in [4.69, 9.17) is 9.47 Å². The van der Waals surface area contributed by atoms with Gasteiger partial charge in [-0.05, 0) is 39.8 Å². The van der Waals surface area contributed by atoms with Crippen molar-refractivity contribution in [2.24, 2.45) is 11.8 Å². The number of hydrogen-bond donors (Lipinski definition) is 1. The molecule has 138 valence electrons. The number of ketones is 1. The Morgan fingerprint density at radius 3 is 2.36 bits per heavy atom. The maximum atomic E-state index is 12.6. The van der Waals surface area contributed by atoms with Crippen LogP contribution in [0.5, 0.6) is 0 Å². The molecule has 25 heavy (non-hydrogen) atoms. The van der Waals surface area contributed by atoms with Crippen molar-refractivity contribution >= 4 is 29.1 Å². The fraction of sp³-hybridized carbons (Fsp3) is 0.611. The highest BCUT2D eigenvalue weighted by Crippen LogP contribution is 2.48. The highest BCUT2D eigenvalue weighted by atomic mass is 32.1. The first-order valence-corrected chi connectivity index (χ1v) is 9.19. The van der Waals surface area contributed by atoms with E-state index in [1.165, 1.54) is 18.3 Å². The van der Waals surface area contributed by atoms with Crippen LogP contribution in [0.2, 0.25) is 0 Å². The Morgan fingerprint density at radius 1 is 1.24 bits per heavy atom. The molecule has 0 amide bonds. The maximum absolute atomic E-state index is 12.6. The summed E-state index contributed by atoms with van der Waals surface area (Å²) in [6, 6.07) is 3.65. The monoisotopic (exact) mass is 368 g/mol. The molecule has 0 radical (unpaired) electrons. The summed E-state index contributed by atoms with van der Waals surface area (Å²) in [5, 5.41) is 10.8. The Labute approximate surface area is 151 Å². The van der Waals surface area contributed by atoms with Crippen molar-refractivity contribution in [2.45, 2.75) is 45.6 Å². The van der Waals surface area contributed by atoms with Crippen molar-refractivity contribution in [3.8, 4) is 0 Å². The summed E-state index contributed by atoms with van der Waals surface area (Å²) in [6.07, 6.45) is -0.291. The first-order chi connectivity index (χ1) is 11.7. The number of ether oxygens (including phenoxy) is 2. The van der Waals surface area contributed by atoms with Crippen LogP contribution in [-0.2, 0) is 23.9 Å². The van der Waals surface area contributed by atoms with Crippen LogP contribution in [0, 0.1) is 18.8 Å². The zero-order chi connectivity index (χ0) is 18.8. The molecule has 0 aliphatic heterocycles. The lowest BCUT2D eigenvalue weighted by molar-refractivity contribution is -0.172.